The molecule has 9 nitrogen and oxygen atoms in total. The molecule has 2 aliphatic carbocycles. The van der Waals surface area contributed by atoms with Crippen LogP contribution in [0.3, 0.4) is 0 Å². The number of para-hydroxylation sites is 1. The molecular formula is C22H28ClN5O4S. The molecule has 2 aromatic heterocycles. The Morgan fingerprint density at radius 1 is 1.09 bits per heavy atom. The summed E-state index contributed by atoms with van der Waals surface area (Å²) >= 11 is 1.40. The number of aliphatic hydroxyl groups excluding tert-OH is 3. The smallest absolute Gasteiger partial charge is 0.264 e. The average Bonchev–Trinajstić information content (AvgIpc) is 3.49. The Morgan fingerprint density at radius 2 is 1.85 bits per heavy atom. The third kappa shape index (κ3) is 4.71. The standard InChI is InChI=1S/C22H27N5O4S.ClH/c28-10-11-9-14(18(30)17(11)29)24-19-16(21-25-13-7-3-4-8-15(13)32-21)20(31)27-22(26-19)23-12-5-1-2-6-12;/h3-4,7-8,11-12,14,17-18,28-30H,1-2,5-6,9-10H2,(H3,23,24,26,27,31);1H/t11-,14-,17-,18+;/m1./s1. The van der Waals surface area contributed by atoms with Crippen molar-refractivity contribution in [1.82, 2.24) is 15.0 Å². The molecule has 0 unspecified atom stereocenters. The van der Waals surface area contributed by atoms with Crippen LogP contribution in [0.4, 0.5) is 11.8 Å². The Bertz CT molecular complexity index is 1130. The van der Waals surface area contributed by atoms with Crippen LogP contribution in [0.15, 0.2) is 29.1 Å². The largest absolute Gasteiger partial charge is 0.396 e. The lowest BCUT2D eigenvalue weighted by Crippen LogP contribution is -2.36. The predicted molar refractivity (Wildman–Crippen MR) is 131 cm³/mol. The van der Waals surface area contributed by atoms with Gasteiger partial charge in [0, 0.05) is 18.6 Å². The maximum atomic E-state index is 13.2. The van der Waals surface area contributed by atoms with Crippen LogP contribution in [0, 0.1) is 5.92 Å². The highest BCUT2D eigenvalue weighted by Crippen LogP contribution is 2.35. The quantitative estimate of drug-likeness (QED) is 0.307. The molecule has 2 saturated carbocycles. The number of hydrogen-bond acceptors (Lipinski definition) is 9. The second-order valence-corrected chi connectivity index (χ2v) is 9.69. The molecule has 1 aromatic carbocycles. The molecular weight excluding hydrogens is 466 g/mol. The number of aromatic amines is 1. The van der Waals surface area contributed by atoms with Crippen LogP contribution in [-0.4, -0.2) is 61.2 Å². The summed E-state index contributed by atoms with van der Waals surface area (Å²) in [7, 11) is 0. The summed E-state index contributed by atoms with van der Waals surface area (Å²) in [4.78, 5) is 25.3. The van der Waals surface area contributed by atoms with Crippen molar-refractivity contribution in [3.8, 4) is 10.6 Å². The molecule has 178 valence electrons. The zero-order valence-electron chi connectivity index (χ0n) is 17.9. The Kier molecular flexibility index (Phi) is 7.20. The van der Waals surface area contributed by atoms with Gasteiger partial charge in [-0.2, -0.15) is 4.98 Å². The Hall–Kier alpha value is -2.24. The molecule has 0 saturated heterocycles. The van der Waals surface area contributed by atoms with Crippen LogP contribution in [0.25, 0.3) is 20.8 Å². The van der Waals surface area contributed by atoms with Crippen molar-refractivity contribution in [2.75, 3.05) is 17.2 Å². The summed E-state index contributed by atoms with van der Waals surface area (Å²) in [6.07, 6.45) is 2.58. The minimum absolute atomic E-state index is 0. The summed E-state index contributed by atoms with van der Waals surface area (Å²) in [5.74, 6) is 0.246. The van der Waals surface area contributed by atoms with Crippen molar-refractivity contribution in [2.24, 2.45) is 5.92 Å². The van der Waals surface area contributed by atoms with E-state index in [2.05, 4.69) is 25.6 Å². The van der Waals surface area contributed by atoms with Crippen molar-refractivity contribution < 1.29 is 15.3 Å². The van der Waals surface area contributed by atoms with E-state index in [1.165, 1.54) is 11.3 Å². The van der Waals surface area contributed by atoms with Crippen LogP contribution >= 0.6 is 23.7 Å². The fourth-order valence-corrected chi connectivity index (χ4v) is 5.72. The number of halogens is 1. The molecule has 0 radical (unpaired) electrons. The first-order valence-corrected chi connectivity index (χ1v) is 11.9. The summed E-state index contributed by atoms with van der Waals surface area (Å²) in [6, 6.07) is 7.37. The van der Waals surface area contributed by atoms with E-state index in [1.54, 1.807) is 0 Å². The summed E-state index contributed by atoms with van der Waals surface area (Å²) in [6.45, 7) is -0.224. The molecule has 2 fully saturated rings. The van der Waals surface area contributed by atoms with E-state index in [9.17, 15) is 20.1 Å². The van der Waals surface area contributed by atoms with Crippen LogP contribution in [-0.2, 0) is 0 Å². The number of anilines is 2. The Balaban J connectivity index is 0.00000259. The first kappa shape index (κ1) is 23.9. The molecule has 6 N–H and O–H groups in total. The van der Waals surface area contributed by atoms with E-state index in [4.69, 9.17) is 0 Å². The van der Waals surface area contributed by atoms with E-state index >= 15 is 0 Å². The second kappa shape index (κ2) is 9.94. The van der Waals surface area contributed by atoms with Gasteiger partial charge in [-0.3, -0.25) is 9.78 Å². The van der Waals surface area contributed by atoms with Crippen LogP contribution < -0.4 is 16.2 Å². The zero-order valence-corrected chi connectivity index (χ0v) is 19.5. The van der Waals surface area contributed by atoms with Crippen LogP contribution in [0.2, 0.25) is 0 Å². The fourth-order valence-electron chi connectivity index (χ4n) is 4.71. The van der Waals surface area contributed by atoms with Crippen LogP contribution in [0.5, 0.6) is 0 Å². The number of rotatable bonds is 6. The van der Waals surface area contributed by atoms with Gasteiger partial charge in [-0.15, -0.1) is 23.7 Å². The zero-order chi connectivity index (χ0) is 22.2. The number of nitrogens with one attached hydrogen (secondary N) is 3. The minimum Gasteiger partial charge on any atom is -0.396 e. The second-order valence-electron chi connectivity index (χ2n) is 8.66. The average molecular weight is 494 g/mol. The van der Waals surface area contributed by atoms with E-state index in [0.717, 1.165) is 35.9 Å². The molecule has 5 rings (SSSR count). The fraction of sp³-hybridized carbons (Fsp3) is 0.500. The van der Waals surface area contributed by atoms with Gasteiger partial charge in [0.05, 0.1) is 22.4 Å². The van der Waals surface area contributed by atoms with Gasteiger partial charge in [-0.1, -0.05) is 25.0 Å². The van der Waals surface area contributed by atoms with Crippen molar-refractivity contribution in [3.63, 3.8) is 0 Å². The molecule has 33 heavy (non-hydrogen) atoms. The molecule has 4 atom stereocenters. The lowest BCUT2D eigenvalue weighted by Gasteiger charge is -2.21. The topological polar surface area (TPSA) is 143 Å². The first-order valence-electron chi connectivity index (χ1n) is 11.0. The number of aliphatic hydroxyl groups is 3. The van der Waals surface area contributed by atoms with E-state index in [0.29, 0.717) is 28.8 Å². The summed E-state index contributed by atoms with van der Waals surface area (Å²) in [5.41, 5.74) is 0.772. The van der Waals surface area contributed by atoms with Gasteiger partial charge in [-0.05, 0) is 31.4 Å². The van der Waals surface area contributed by atoms with Gasteiger partial charge in [0.15, 0.2) is 0 Å². The molecule has 11 heteroatoms. The number of hydrogen-bond donors (Lipinski definition) is 6. The van der Waals surface area contributed by atoms with Gasteiger partial charge in [0.25, 0.3) is 5.56 Å². The Labute approximate surface area is 200 Å². The van der Waals surface area contributed by atoms with Gasteiger partial charge in [0.1, 0.15) is 22.5 Å². The van der Waals surface area contributed by atoms with E-state index in [-0.39, 0.29) is 30.6 Å². The number of benzene rings is 1. The van der Waals surface area contributed by atoms with E-state index in [1.807, 2.05) is 24.3 Å². The number of nitrogens with zero attached hydrogens (tertiary/aromatic N) is 2. The molecule has 0 bridgehead atoms. The van der Waals surface area contributed by atoms with Gasteiger partial charge in [-0.25, -0.2) is 4.98 Å². The summed E-state index contributed by atoms with van der Waals surface area (Å²) in [5, 5.41) is 37.3. The summed E-state index contributed by atoms with van der Waals surface area (Å²) < 4.78 is 0.956. The monoisotopic (exact) mass is 493 g/mol. The number of H-pyrrole nitrogens is 1. The van der Waals surface area contributed by atoms with Crippen molar-refractivity contribution in [1.29, 1.82) is 0 Å². The van der Waals surface area contributed by atoms with Crippen LogP contribution in [0.1, 0.15) is 32.1 Å². The molecule has 2 heterocycles. The molecule has 2 aliphatic rings. The van der Waals surface area contributed by atoms with Crippen molar-refractivity contribution in [2.45, 2.75) is 56.4 Å². The number of thiazole rings is 1. The third-order valence-corrected chi connectivity index (χ3v) is 7.54. The predicted octanol–water partition coefficient (Wildman–Crippen LogP) is 2.34. The molecule has 0 amide bonds. The first-order chi connectivity index (χ1) is 15.5. The maximum Gasteiger partial charge on any atom is 0.264 e. The molecule has 0 aliphatic heterocycles. The number of aromatic nitrogens is 3. The number of fused-ring (bicyclic) bond motifs is 1. The van der Waals surface area contributed by atoms with Crippen molar-refractivity contribution >= 4 is 45.7 Å². The lowest BCUT2D eigenvalue weighted by molar-refractivity contribution is 0.00446. The highest BCUT2D eigenvalue weighted by molar-refractivity contribution is 7.21. The van der Waals surface area contributed by atoms with Gasteiger partial charge < -0.3 is 26.0 Å². The molecule has 3 aromatic rings. The van der Waals surface area contributed by atoms with Crippen molar-refractivity contribution in [3.05, 3.63) is 34.6 Å². The highest BCUT2D eigenvalue weighted by atomic mass is 35.5. The van der Waals surface area contributed by atoms with E-state index < -0.39 is 24.2 Å². The maximum absolute atomic E-state index is 13.2. The minimum atomic E-state index is -1.08. The molecule has 0 spiro atoms. The lowest BCUT2D eigenvalue weighted by atomic mass is 10.1. The third-order valence-electron chi connectivity index (χ3n) is 6.48. The van der Waals surface area contributed by atoms with Gasteiger partial charge in [0.2, 0.25) is 5.95 Å². The Morgan fingerprint density at radius 3 is 2.55 bits per heavy atom. The highest BCUT2D eigenvalue weighted by Gasteiger charge is 2.41. The normalized spacial score (nSPS) is 25.3. The van der Waals surface area contributed by atoms with Gasteiger partial charge >= 0.3 is 0 Å². The SMILES string of the molecule is Cl.O=c1[nH]c(NC2CCCC2)nc(N[C@@H]2C[C@H](CO)[C@@H](O)[C@H]2O)c1-c1nc2ccccc2s1.